The molecule has 0 bridgehead atoms. The number of hydrogen-bond donors (Lipinski definition) is 2. The van der Waals surface area contributed by atoms with Gasteiger partial charge < -0.3 is 0 Å². The van der Waals surface area contributed by atoms with Crippen LogP contribution in [0.1, 0.15) is 108 Å². The van der Waals surface area contributed by atoms with Crippen molar-refractivity contribution in [2.45, 2.75) is 197 Å². The quantitative estimate of drug-likeness (QED) is 0.0977. The van der Waals surface area contributed by atoms with Crippen molar-refractivity contribution in [3.05, 3.63) is 67.5 Å². The second-order valence-electron chi connectivity index (χ2n) is 24.7. The van der Waals surface area contributed by atoms with Gasteiger partial charge >= 0.3 is 376 Å². The molecule has 1 nitrogen and oxygen atoms in total. The predicted octanol–water partition coefficient (Wildman–Crippen LogP) is 14.8. The second kappa shape index (κ2) is 18.8. The van der Waals surface area contributed by atoms with Crippen LogP contribution in [-0.4, -0.2) is 68.2 Å². The first-order chi connectivity index (χ1) is 24.9. The number of thiol groups is 2. The Kier molecular flexibility index (Phi) is 17.7. The molecule has 0 atom stereocenters. The summed E-state index contributed by atoms with van der Waals surface area (Å²) in [6.07, 6.45) is 0. The number of nitrogens with zero attached hydrogens (tertiary/aromatic N) is 1. The first kappa shape index (κ1) is 52.6. The van der Waals surface area contributed by atoms with Crippen LogP contribution in [0.3, 0.4) is 0 Å². The topological polar surface area (TPSA) is 23.8 Å². The zero-order chi connectivity index (χ0) is 44.1. The average molecular weight is 1000 g/mol. The Hall–Kier alpha value is 0.470. The fourth-order valence-electron chi connectivity index (χ4n) is 11.4. The molecular formula is C46H86NS2Si6Sn. The zero-order valence-electron chi connectivity index (χ0n) is 40.8. The molecular weight excluding hydrogens is 918 g/mol. The number of rotatable bonds is 16. The van der Waals surface area contributed by atoms with Crippen molar-refractivity contribution < 1.29 is 0 Å². The van der Waals surface area contributed by atoms with E-state index in [0.29, 0.717) is 37.5 Å². The van der Waals surface area contributed by atoms with E-state index in [-0.39, 0.29) is 0 Å². The monoisotopic (exact) mass is 1000 g/mol. The number of benzene rings is 2. The van der Waals surface area contributed by atoms with Gasteiger partial charge in [0.1, 0.15) is 0 Å². The first-order valence-electron chi connectivity index (χ1n) is 21.6. The summed E-state index contributed by atoms with van der Waals surface area (Å²) in [6, 6.07) is 13.7. The van der Waals surface area contributed by atoms with Crippen molar-refractivity contribution in [3.63, 3.8) is 0 Å². The Morgan fingerprint density at radius 3 is 1.00 bits per heavy atom. The van der Waals surface area contributed by atoms with Crippen LogP contribution in [0.25, 0.3) is 0 Å². The van der Waals surface area contributed by atoms with Gasteiger partial charge in [-0.3, -0.25) is 0 Å². The molecule has 1 radical (unpaired) electrons. The maximum absolute atomic E-state index is 10.9. The Bertz CT molecular complexity index is 1640. The SMILES string of the molecule is CC(C)c1cc(C(C)C)[c]([Sn]([CH2]C(C#N)=C(S)S)[c]2c(C([Si](C)(C)C)[Si](C)(C)C)cc(C([Si](C)(C)C)[Si](C)(C)C)cc2C([Si](C)(C)C)[Si](C)(C)C)c(C(C)C)c1. The van der Waals surface area contributed by atoms with Gasteiger partial charge in [-0.1, -0.05) is 0 Å². The summed E-state index contributed by atoms with van der Waals surface area (Å²) < 4.78 is 4.90. The summed E-state index contributed by atoms with van der Waals surface area (Å²) in [6.45, 7) is 62.4. The minimum absolute atomic E-state index is 0.390. The summed E-state index contributed by atoms with van der Waals surface area (Å²) in [5.41, 5.74) is 10.5. The second-order valence-corrected chi connectivity index (χ2v) is 66.1. The molecule has 2 rings (SSSR count). The summed E-state index contributed by atoms with van der Waals surface area (Å²) in [7, 11) is -10.4. The number of allylic oxidation sites excluding steroid dienone is 1. The average Bonchev–Trinajstić information content (AvgIpc) is 2.93. The molecule has 2 aromatic rings. The van der Waals surface area contributed by atoms with Crippen LogP contribution in [0.15, 0.2) is 34.1 Å². The van der Waals surface area contributed by atoms with Crippen LogP contribution in [0.2, 0.25) is 122 Å². The van der Waals surface area contributed by atoms with E-state index >= 15 is 0 Å². The van der Waals surface area contributed by atoms with Crippen LogP contribution < -0.4 is 7.16 Å². The van der Waals surface area contributed by atoms with Gasteiger partial charge in [-0.2, -0.15) is 0 Å². The van der Waals surface area contributed by atoms with Gasteiger partial charge in [-0.15, -0.1) is 0 Å². The molecule has 10 heteroatoms. The Labute approximate surface area is 373 Å². The number of hydrogen-bond acceptors (Lipinski definition) is 3. The van der Waals surface area contributed by atoms with Crippen molar-refractivity contribution in [2.75, 3.05) is 0 Å². The standard InChI is InChI=1S/C27H59Si6.C15H23.C4H4NS2.Sn/c1-28(2,3)25(29(4,5)6)22-19-23(26(30(7,8)9)31(10,11)12)21-24(20-22)27(32(13,14)15)33(16,17)18;1-10(2)13-7-14(11(3)4)9-15(8-13)12(5)6;1-3(2-5)4(6)7;/h19-20,25-27H,1-18H3;7-8,10-12H,1-6H3;6-7H,1H2;. The van der Waals surface area contributed by atoms with Crippen molar-refractivity contribution in [2.24, 2.45) is 0 Å². The molecule has 315 valence electrons. The normalized spacial score (nSPS) is 14.0. The van der Waals surface area contributed by atoms with Crippen LogP contribution in [0.5, 0.6) is 0 Å². The molecule has 0 amide bonds. The Morgan fingerprint density at radius 1 is 0.482 bits per heavy atom. The van der Waals surface area contributed by atoms with E-state index in [2.05, 4.69) is 190 Å². The van der Waals surface area contributed by atoms with E-state index in [0.717, 1.165) is 10.0 Å². The van der Waals surface area contributed by atoms with Gasteiger partial charge in [0.15, 0.2) is 0 Å². The van der Waals surface area contributed by atoms with Crippen molar-refractivity contribution in [1.29, 1.82) is 5.26 Å². The molecule has 0 unspecified atom stereocenters. The van der Waals surface area contributed by atoms with E-state index in [9.17, 15) is 5.26 Å². The van der Waals surface area contributed by atoms with E-state index < -0.39 is 68.2 Å². The summed E-state index contributed by atoms with van der Waals surface area (Å²) in [5, 5.41) is 12.8. The third-order valence-corrected chi connectivity index (χ3v) is 49.1. The summed E-state index contributed by atoms with van der Waals surface area (Å²) >= 11 is 6.59. The number of nitriles is 1. The van der Waals surface area contributed by atoms with Crippen molar-refractivity contribution in [1.82, 2.24) is 0 Å². The third-order valence-electron chi connectivity index (χ3n) is 11.9. The van der Waals surface area contributed by atoms with Crippen LogP contribution in [0.4, 0.5) is 0 Å². The van der Waals surface area contributed by atoms with Crippen molar-refractivity contribution in [3.8, 4) is 6.07 Å². The van der Waals surface area contributed by atoms with Gasteiger partial charge in [0, 0.05) is 0 Å². The fraction of sp³-hybridized carbons (Fsp3) is 0.674. The van der Waals surface area contributed by atoms with Gasteiger partial charge in [-0.25, -0.2) is 0 Å². The maximum atomic E-state index is 10.9. The molecule has 2 aromatic carbocycles. The van der Waals surface area contributed by atoms with Gasteiger partial charge in [0.25, 0.3) is 0 Å². The van der Waals surface area contributed by atoms with Crippen LogP contribution in [0, 0.1) is 11.3 Å². The fourth-order valence-corrected chi connectivity index (χ4v) is 63.0. The molecule has 0 saturated carbocycles. The molecule has 0 heterocycles. The van der Waals surface area contributed by atoms with E-state index in [1.807, 2.05) is 0 Å². The molecule has 56 heavy (non-hydrogen) atoms. The van der Waals surface area contributed by atoms with Crippen LogP contribution >= 0.6 is 25.3 Å². The van der Waals surface area contributed by atoms with Gasteiger partial charge in [0.05, 0.1) is 0 Å². The third kappa shape index (κ3) is 12.8. The van der Waals surface area contributed by atoms with Gasteiger partial charge in [0.2, 0.25) is 0 Å². The molecule has 0 saturated heterocycles. The van der Waals surface area contributed by atoms with E-state index in [4.69, 9.17) is 25.3 Å². The van der Waals surface area contributed by atoms with E-state index in [1.54, 1.807) is 35.0 Å². The minimum atomic E-state index is -3.13. The Balaban J connectivity index is 3.84. The molecule has 0 spiro atoms. The van der Waals surface area contributed by atoms with E-state index in [1.165, 1.54) is 5.56 Å². The van der Waals surface area contributed by atoms with Crippen molar-refractivity contribution >= 4 is 101 Å². The van der Waals surface area contributed by atoms with Crippen LogP contribution in [-0.2, 0) is 0 Å². The summed E-state index contributed by atoms with van der Waals surface area (Å²) in [5.74, 6) is 1.24. The molecule has 0 aliphatic carbocycles. The molecule has 0 fully saturated rings. The summed E-state index contributed by atoms with van der Waals surface area (Å²) in [4.78, 5) is 0. The Morgan fingerprint density at radius 2 is 0.768 bits per heavy atom. The predicted molar refractivity (Wildman–Crippen MR) is 284 cm³/mol. The van der Waals surface area contributed by atoms with Gasteiger partial charge in [-0.05, 0) is 0 Å². The molecule has 0 aliphatic rings. The molecule has 0 N–H and O–H groups in total. The molecule has 0 aromatic heterocycles. The zero-order valence-corrected chi connectivity index (χ0v) is 51.5. The first-order valence-corrected chi connectivity index (χ1v) is 48.8. The molecule has 0 aliphatic heterocycles.